The normalized spacial score (nSPS) is 14.9. The molecule has 17 heavy (non-hydrogen) atoms. The molecule has 0 aromatic heterocycles. The van der Waals surface area contributed by atoms with Crippen LogP contribution in [0, 0.1) is 0 Å². The molecule has 1 unspecified atom stereocenters. The van der Waals surface area contributed by atoms with E-state index in [2.05, 4.69) is 17.4 Å². The lowest BCUT2D eigenvalue weighted by Gasteiger charge is -2.13. The molecule has 3 N–H and O–H groups in total. The average Bonchev–Trinajstić information content (AvgIpc) is 2.75. The molecule has 92 valence electrons. The molecular weight excluding hydrogens is 236 g/mol. The van der Waals surface area contributed by atoms with Crippen molar-refractivity contribution >= 4 is 17.7 Å². The first-order chi connectivity index (χ1) is 8.19. The fraction of sp³-hybridized carbons (Fsp3) is 0.417. The lowest BCUT2D eigenvalue weighted by molar-refractivity contribution is -0.120. The molecule has 1 atom stereocenters. The number of ether oxygens (including phenoxy) is 1. The standard InChI is InChI=1S/C12H16N2O2S/c1-8(14-12(15)6-13)4-9-2-3-11-10(5-9)16-7-17-11/h2-3,5,8H,4,6-7,13H2,1H3,(H,14,15). The number of amides is 1. The van der Waals surface area contributed by atoms with Crippen LogP contribution in [0.4, 0.5) is 0 Å². The second-order valence-corrected chi connectivity index (χ2v) is 5.03. The Morgan fingerprint density at radius 2 is 2.47 bits per heavy atom. The van der Waals surface area contributed by atoms with E-state index in [9.17, 15) is 4.79 Å². The van der Waals surface area contributed by atoms with E-state index in [0.717, 1.165) is 17.7 Å². The minimum Gasteiger partial charge on any atom is -0.481 e. The van der Waals surface area contributed by atoms with Gasteiger partial charge in [0.1, 0.15) is 11.7 Å². The Labute approximate surface area is 105 Å². The summed E-state index contributed by atoms with van der Waals surface area (Å²) in [4.78, 5) is 12.3. The Balaban J connectivity index is 1.97. The van der Waals surface area contributed by atoms with E-state index in [0.29, 0.717) is 5.94 Å². The Hall–Kier alpha value is -1.20. The van der Waals surface area contributed by atoms with Crippen molar-refractivity contribution in [3.8, 4) is 5.75 Å². The van der Waals surface area contributed by atoms with Crippen LogP contribution < -0.4 is 15.8 Å². The second-order valence-electron chi connectivity index (χ2n) is 4.06. The van der Waals surface area contributed by atoms with Crippen molar-refractivity contribution in [2.75, 3.05) is 12.5 Å². The van der Waals surface area contributed by atoms with E-state index >= 15 is 0 Å². The van der Waals surface area contributed by atoms with Crippen molar-refractivity contribution in [1.82, 2.24) is 5.32 Å². The van der Waals surface area contributed by atoms with E-state index < -0.39 is 0 Å². The highest BCUT2D eigenvalue weighted by Crippen LogP contribution is 2.36. The van der Waals surface area contributed by atoms with E-state index in [4.69, 9.17) is 10.5 Å². The third-order valence-electron chi connectivity index (χ3n) is 2.57. The van der Waals surface area contributed by atoms with Gasteiger partial charge in [-0.25, -0.2) is 0 Å². The van der Waals surface area contributed by atoms with Crippen LogP contribution in [-0.4, -0.2) is 24.4 Å². The molecule has 1 aromatic carbocycles. The SMILES string of the molecule is CC(Cc1ccc2c(c1)OCS2)NC(=O)CN. The maximum atomic E-state index is 11.1. The zero-order valence-corrected chi connectivity index (χ0v) is 10.5. The Morgan fingerprint density at radius 1 is 1.65 bits per heavy atom. The molecule has 1 amide bonds. The van der Waals surface area contributed by atoms with Gasteiger partial charge in [-0.3, -0.25) is 4.79 Å². The number of nitrogens with one attached hydrogen (secondary N) is 1. The lowest BCUT2D eigenvalue weighted by Crippen LogP contribution is -2.38. The van der Waals surface area contributed by atoms with Crippen LogP contribution in [-0.2, 0) is 11.2 Å². The predicted molar refractivity (Wildman–Crippen MR) is 68.2 cm³/mol. The number of carbonyl (C=O) groups excluding carboxylic acids is 1. The van der Waals surface area contributed by atoms with Crippen LogP contribution in [0.25, 0.3) is 0 Å². The first kappa shape index (κ1) is 12.3. The van der Waals surface area contributed by atoms with Gasteiger partial charge in [0.15, 0.2) is 0 Å². The van der Waals surface area contributed by atoms with Crippen molar-refractivity contribution < 1.29 is 9.53 Å². The van der Waals surface area contributed by atoms with Crippen LogP contribution in [0.2, 0.25) is 0 Å². The van der Waals surface area contributed by atoms with Crippen molar-refractivity contribution in [2.45, 2.75) is 24.3 Å². The number of fused-ring (bicyclic) bond motifs is 1. The highest BCUT2D eigenvalue weighted by atomic mass is 32.2. The number of hydrogen-bond donors (Lipinski definition) is 2. The number of rotatable bonds is 4. The molecule has 4 nitrogen and oxygen atoms in total. The number of nitrogens with two attached hydrogens (primary N) is 1. The van der Waals surface area contributed by atoms with Gasteiger partial charge in [-0.15, -0.1) is 0 Å². The molecule has 0 spiro atoms. The summed E-state index contributed by atoms with van der Waals surface area (Å²) in [6.45, 7) is 2.00. The number of carbonyl (C=O) groups is 1. The molecule has 0 bridgehead atoms. The molecule has 1 heterocycles. The van der Waals surface area contributed by atoms with Gasteiger partial charge < -0.3 is 15.8 Å². The van der Waals surface area contributed by atoms with Gasteiger partial charge in [-0.1, -0.05) is 17.8 Å². The number of hydrogen-bond acceptors (Lipinski definition) is 4. The second kappa shape index (κ2) is 5.42. The highest BCUT2D eigenvalue weighted by molar-refractivity contribution is 7.99. The van der Waals surface area contributed by atoms with E-state index in [1.807, 2.05) is 13.0 Å². The molecule has 0 saturated carbocycles. The summed E-state index contributed by atoms with van der Waals surface area (Å²) >= 11 is 1.70. The molecule has 5 heteroatoms. The summed E-state index contributed by atoms with van der Waals surface area (Å²) in [6, 6.07) is 6.27. The smallest absolute Gasteiger partial charge is 0.233 e. The fourth-order valence-electron chi connectivity index (χ4n) is 1.81. The van der Waals surface area contributed by atoms with Crippen LogP contribution in [0.1, 0.15) is 12.5 Å². The molecule has 1 aliphatic rings. The van der Waals surface area contributed by atoms with Crippen molar-refractivity contribution in [3.63, 3.8) is 0 Å². The topological polar surface area (TPSA) is 64.3 Å². The zero-order valence-electron chi connectivity index (χ0n) is 9.73. The quantitative estimate of drug-likeness (QED) is 0.843. The fourth-order valence-corrected chi connectivity index (χ4v) is 2.54. The van der Waals surface area contributed by atoms with Crippen LogP contribution >= 0.6 is 11.8 Å². The first-order valence-corrected chi connectivity index (χ1v) is 6.55. The monoisotopic (exact) mass is 252 g/mol. The van der Waals surface area contributed by atoms with Crippen LogP contribution in [0.3, 0.4) is 0 Å². The lowest BCUT2D eigenvalue weighted by atomic mass is 10.1. The van der Waals surface area contributed by atoms with Crippen LogP contribution in [0.15, 0.2) is 23.1 Å². The maximum absolute atomic E-state index is 11.1. The maximum Gasteiger partial charge on any atom is 0.233 e. The summed E-state index contributed by atoms with van der Waals surface area (Å²) in [5.74, 6) is 1.52. The first-order valence-electron chi connectivity index (χ1n) is 5.57. The third-order valence-corrected chi connectivity index (χ3v) is 3.46. The third kappa shape index (κ3) is 3.14. The predicted octanol–water partition coefficient (Wildman–Crippen LogP) is 1.13. The number of benzene rings is 1. The van der Waals surface area contributed by atoms with E-state index in [1.54, 1.807) is 11.8 Å². The van der Waals surface area contributed by atoms with Crippen molar-refractivity contribution in [3.05, 3.63) is 23.8 Å². The van der Waals surface area contributed by atoms with E-state index in [1.165, 1.54) is 4.90 Å². The average molecular weight is 252 g/mol. The Morgan fingerprint density at radius 3 is 3.24 bits per heavy atom. The molecule has 0 aliphatic carbocycles. The van der Waals surface area contributed by atoms with Crippen LogP contribution in [0.5, 0.6) is 5.75 Å². The van der Waals surface area contributed by atoms with Gasteiger partial charge in [0.2, 0.25) is 5.91 Å². The summed E-state index contributed by atoms with van der Waals surface area (Å²) in [5, 5.41) is 2.84. The van der Waals surface area contributed by atoms with Gasteiger partial charge in [0.25, 0.3) is 0 Å². The summed E-state index contributed by atoms with van der Waals surface area (Å²) < 4.78 is 5.48. The molecule has 0 saturated heterocycles. The number of thioether (sulfide) groups is 1. The van der Waals surface area contributed by atoms with Crippen molar-refractivity contribution in [1.29, 1.82) is 0 Å². The van der Waals surface area contributed by atoms with Gasteiger partial charge in [0, 0.05) is 6.04 Å². The minimum atomic E-state index is -0.120. The molecule has 0 fully saturated rings. The van der Waals surface area contributed by atoms with E-state index in [-0.39, 0.29) is 18.5 Å². The summed E-state index contributed by atoms with van der Waals surface area (Å²) in [6.07, 6.45) is 0.785. The summed E-state index contributed by atoms with van der Waals surface area (Å²) in [7, 11) is 0. The molecular formula is C12H16N2O2S. The largest absolute Gasteiger partial charge is 0.481 e. The molecule has 1 aromatic rings. The van der Waals surface area contributed by atoms with Gasteiger partial charge >= 0.3 is 0 Å². The summed E-state index contributed by atoms with van der Waals surface area (Å²) in [5.41, 5.74) is 6.42. The zero-order chi connectivity index (χ0) is 12.3. The Kier molecular flexibility index (Phi) is 3.91. The van der Waals surface area contributed by atoms with Gasteiger partial charge in [0.05, 0.1) is 11.4 Å². The Bertz CT molecular complexity index is 423. The van der Waals surface area contributed by atoms with Gasteiger partial charge in [-0.2, -0.15) is 0 Å². The van der Waals surface area contributed by atoms with Crippen molar-refractivity contribution in [2.24, 2.45) is 5.73 Å². The van der Waals surface area contributed by atoms with Gasteiger partial charge in [-0.05, 0) is 31.0 Å². The minimum absolute atomic E-state index is 0.0360. The highest BCUT2D eigenvalue weighted by Gasteiger charge is 2.14. The molecule has 1 aliphatic heterocycles. The molecule has 0 radical (unpaired) electrons. The molecule has 2 rings (SSSR count).